The summed E-state index contributed by atoms with van der Waals surface area (Å²) in [6.07, 6.45) is 3.65. The van der Waals surface area contributed by atoms with Crippen molar-refractivity contribution in [1.82, 2.24) is 4.98 Å². The quantitative estimate of drug-likeness (QED) is 0.389. The minimum absolute atomic E-state index is 1.11. The van der Waals surface area contributed by atoms with Crippen LogP contribution in [0, 0.1) is 0 Å². The average molecular weight is 118 g/mol. The summed E-state index contributed by atoms with van der Waals surface area (Å²) >= 11 is 0. The zero-order valence-corrected chi connectivity index (χ0v) is 6.83. The van der Waals surface area contributed by atoms with Crippen molar-refractivity contribution in [3.05, 3.63) is 18.4 Å². The second kappa shape index (κ2) is 2.82. The van der Waals surface area contributed by atoms with E-state index in [-0.39, 0.29) is 0 Å². The Kier molecular flexibility index (Phi) is 2.03. The average Bonchev–Trinajstić information content (AvgIpc) is 1.90. The summed E-state index contributed by atoms with van der Waals surface area (Å²) in [6, 6.07) is 0. The van der Waals surface area contributed by atoms with Crippen LogP contribution in [0.3, 0.4) is 0 Å². The van der Waals surface area contributed by atoms with Gasteiger partial charge in [0.05, 0.1) is 0 Å². The van der Waals surface area contributed by atoms with Gasteiger partial charge in [-0.2, -0.15) is 0 Å². The van der Waals surface area contributed by atoms with Crippen molar-refractivity contribution in [1.29, 1.82) is 0 Å². The Morgan fingerprint density at radius 1 is 1.75 bits per heavy atom. The van der Waals surface area contributed by atoms with E-state index in [4.69, 9.17) is 0 Å². The van der Waals surface area contributed by atoms with Crippen LogP contribution in [-0.4, -0.2) is 28.9 Å². The molecule has 0 atom stereocenters. The Morgan fingerprint density at radius 2 is 2.62 bits per heavy atom. The Labute approximate surface area is 53.3 Å². The van der Waals surface area contributed by atoms with Crippen molar-refractivity contribution >= 4 is 29.3 Å². The van der Waals surface area contributed by atoms with E-state index in [0.717, 1.165) is 10.1 Å². The molecule has 0 N–H and O–H groups in total. The van der Waals surface area contributed by atoms with Crippen molar-refractivity contribution in [2.75, 3.05) is 0 Å². The molecule has 1 aromatic heterocycles. The predicted octanol–water partition coefficient (Wildman–Crippen LogP) is -1.97. The molecule has 4 heteroatoms. The van der Waals surface area contributed by atoms with Crippen LogP contribution < -0.4 is 5.36 Å². The molecule has 0 amide bonds. The molecule has 1 nitrogen and oxygen atoms in total. The first-order valence-corrected chi connectivity index (χ1v) is 3.78. The molecule has 0 aliphatic heterocycles. The van der Waals surface area contributed by atoms with Crippen molar-refractivity contribution in [2.24, 2.45) is 0 Å². The van der Waals surface area contributed by atoms with Gasteiger partial charge < -0.3 is 0 Å². The molecule has 37 valence electrons. The standard InChI is InChI=1S/C4H6B2NSi/c8-6-4-3-7-2-1-5-4/h1-3H,8H3. The van der Waals surface area contributed by atoms with Gasteiger partial charge in [-0.05, 0) is 0 Å². The molecular formula is C4H6B2NSi. The fraction of sp³-hybridized carbons (Fsp3) is 0. The first-order valence-electron chi connectivity index (χ1n) is 2.63. The first-order chi connectivity index (χ1) is 3.93. The zero-order chi connectivity index (χ0) is 5.82. The summed E-state index contributed by atoms with van der Waals surface area (Å²) in [6.45, 7) is 4.22. The molecular weight excluding hydrogens is 112 g/mol. The topological polar surface area (TPSA) is 12.9 Å². The third kappa shape index (κ3) is 1.30. The second-order valence-electron chi connectivity index (χ2n) is 1.58. The van der Waals surface area contributed by atoms with Gasteiger partial charge in [-0.3, -0.25) is 0 Å². The molecule has 1 radical (unpaired) electrons. The van der Waals surface area contributed by atoms with Gasteiger partial charge in [-0.15, -0.1) is 0 Å². The minimum atomic E-state index is 1.11. The normalized spacial score (nSPS) is 8.50. The molecule has 1 aromatic rings. The zero-order valence-electron chi connectivity index (χ0n) is 4.83. The summed E-state index contributed by atoms with van der Waals surface area (Å²) < 4.78 is 0. The Balaban J connectivity index is 2.83. The number of hydrogen-bond donors (Lipinski definition) is 0. The second-order valence-corrected chi connectivity index (χ2v) is 2.15. The number of aromatic nitrogens is 1. The van der Waals surface area contributed by atoms with Gasteiger partial charge in [-0.1, -0.05) is 0 Å². The monoisotopic (exact) mass is 118 g/mol. The van der Waals surface area contributed by atoms with Gasteiger partial charge in [0, 0.05) is 0 Å². The van der Waals surface area contributed by atoms with Crippen LogP contribution in [-0.2, 0) is 0 Å². The molecule has 0 aromatic carbocycles. The van der Waals surface area contributed by atoms with Crippen LogP contribution in [0.1, 0.15) is 0 Å². The fourth-order valence-corrected chi connectivity index (χ4v) is 0.888. The maximum absolute atomic E-state index is 3.95. The summed E-state index contributed by atoms with van der Waals surface area (Å²) in [4.78, 5) is 3.95. The van der Waals surface area contributed by atoms with Crippen molar-refractivity contribution < 1.29 is 0 Å². The first kappa shape index (κ1) is 5.76. The van der Waals surface area contributed by atoms with E-state index in [0.29, 0.717) is 0 Å². The van der Waals surface area contributed by atoms with E-state index >= 15 is 0 Å². The van der Waals surface area contributed by atoms with E-state index in [1.54, 1.807) is 6.20 Å². The number of nitrogens with zero attached hydrogens (tertiary/aromatic N) is 1. The Bertz CT molecular complexity index is 155. The summed E-state index contributed by atoms with van der Waals surface area (Å²) in [5.41, 5.74) is 0. The fourth-order valence-electron chi connectivity index (χ4n) is 0.547. The van der Waals surface area contributed by atoms with Crippen LogP contribution in [0.2, 0.25) is 0 Å². The number of rotatable bonds is 1. The predicted molar refractivity (Wildman–Crippen MR) is 40.9 cm³/mol. The molecule has 0 saturated carbocycles. The van der Waals surface area contributed by atoms with Gasteiger partial charge in [0.15, 0.2) is 0 Å². The SMILES string of the molecule is [SiH3][B]c1bccnc1. The van der Waals surface area contributed by atoms with Gasteiger partial charge in [0.1, 0.15) is 0 Å². The molecule has 1 heterocycles. The van der Waals surface area contributed by atoms with Crippen LogP contribution in [0.15, 0.2) is 18.4 Å². The van der Waals surface area contributed by atoms with Gasteiger partial charge in [0.25, 0.3) is 0 Å². The molecule has 1 rings (SSSR count). The third-order valence-electron chi connectivity index (χ3n) is 1.02. The molecule has 0 aliphatic rings. The van der Waals surface area contributed by atoms with Gasteiger partial charge in [0.2, 0.25) is 0 Å². The molecule has 0 saturated heterocycles. The molecule has 8 heavy (non-hydrogen) atoms. The third-order valence-corrected chi connectivity index (χ3v) is 1.68. The Morgan fingerprint density at radius 3 is 3.00 bits per heavy atom. The van der Waals surface area contributed by atoms with E-state index in [2.05, 4.69) is 18.8 Å². The van der Waals surface area contributed by atoms with E-state index in [1.807, 2.05) is 12.2 Å². The van der Waals surface area contributed by atoms with Gasteiger partial charge >= 0.3 is 52.6 Å². The van der Waals surface area contributed by atoms with Crippen LogP contribution in [0.4, 0.5) is 0 Å². The molecule has 0 fully saturated rings. The van der Waals surface area contributed by atoms with Crippen LogP contribution >= 0.6 is 0 Å². The van der Waals surface area contributed by atoms with E-state index in [9.17, 15) is 0 Å². The summed E-state index contributed by atoms with van der Waals surface area (Å²) in [5, 5.41) is 1.24. The molecule has 0 spiro atoms. The van der Waals surface area contributed by atoms with Crippen molar-refractivity contribution in [2.45, 2.75) is 0 Å². The van der Waals surface area contributed by atoms with Gasteiger partial charge in [-0.25, -0.2) is 0 Å². The van der Waals surface area contributed by atoms with E-state index < -0.39 is 0 Å². The van der Waals surface area contributed by atoms with Crippen molar-refractivity contribution in [3.63, 3.8) is 0 Å². The summed E-state index contributed by atoms with van der Waals surface area (Å²) in [7, 11) is 1.11. The molecule has 0 unspecified atom stereocenters. The summed E-state index contributed by atoms with van der Waals surface area (Å²) in [5.74, 6) is 1.95. The molecule has 0 bridgehead atoms. The Hall–Kier alpha value is -0.373. The molecule has 0 aliphatic carbocycles. The maximum atomic E-state index is 3.95. The van der Waals surface area contributed by atoms with Crippen LogP contribution in [0.25, 0.3) is 0 Å². The van der Waals surface area contributed by atoms with Crippen molar-refractivity contribution in [3.8, 4) is 0 Å². The van der Waals surface area contributed by atoms with Crippen LogP contribution in [0.5, 0.6) is 0 Å². The van der Waals surface area contributed by atoms with E-state index in [1.165, 1.54) is 5.36 Å². The number of hydrogen-bond acceptors (Lipinski definition) is 1.